The second kappa shape index (κ2) is 6.79. The van der Waals surface area contributed by atoms with Gasteiger partial charge in [-0.05, 0) is 58.2 Å². The van der Waals surface area contributed by atoms with Crippen LogP contribution in [0.1, 0.15) is 44.1 Å². The molecule has 2 saturated heterocycles. The summed E-state index contributed by atoms with van der Waals surface area (Å²) in [4.78, 5) is 14.5. The Balaban J connectivity index is 1.45. The van der Waals surface area contributed by atoms with Crippen molar-refractivity contribution in [3.63, 3.8) is 0 Å². The van der Waals surface area contributed by atoms with E-state index in [1.54, 1.807) is 0 Å². The first-order chi connectivity index (χ1) is 12.2. The fourth-order valence-corrected chi connectivity index (χ4v) is 4.61. The maximum Gasteiger partial charge on any atom is 0.128 e. The largest absolute Gasteiger partial charge is 0.356 e. The van der Waals surface area contributed by atoms with Crippen LogP contribution in [0.3, 0.4) is 0 Å². The van der Waals surface area contributed by atoms with Crippen molar-refractivity contribution in [3.05, 3.63) is 42.1 Å². The van der Waals surface area contributed by atoms with E-state index in [2.05, 4.69) is 57.6 Å². The molecule has 5 nitrogen and oxygen atoms in total. The highest BCUT2D eigenvalue weighted by Crippen LogP contribution is 2.39. The fraction of sp³-hybridized carbons (Fsp3) is 0.600. The summed E-state index contributed by atoms with van der Waals surface area (Å²) in [5.41, 5.74) is 1.47. The predicted octanol–water partition coefficient (Wildman–Crippen LogP) is 3.24. The van der Waals surface area contributed by atoms with Crippen molar-refractivity contribution >= 4 is 5.82 Å². The van der Waals surface area contributed by atoms with E-state index in [9.17, 15) is 0 Å². The summed E-state index contributed by atoms with van der Waals surface area (Å²) in [6.07, 6.45) is 9.15. The number of likely N-dealkylation sites (tertiary alicyclic amines) is 1. The van der Waals surface area contributed by atoms with E-state index < -0.39 is 0 Å². The average molecular weight is 339 g/mol. The number of aromatic nitrogens is 3. The highest BCUT2D eigenvalue weighted by molar-refractivity contribution is 5.40. The molecule has 2 aliphatic rings. The molecule has 0 bridgehead atoms. The van der Waals surface area contributed by atoms with Crippen LogP contribution < -0.4 is 4.90 Å². The summed E-state index contributed by atoms with van der Waals surface area (Å²) in [7, 11) is 0. The first-order valence-corrected chi connectivity index (χ1v) is 9.64. The molecule has 2 aliphatic heterocycles. The van der Waals surface area contributed by atoms with Gasteiger partial charge in [0.1, 0.15) is 11.6 Å². The number of hydrogen-bond acceptors (Lipinski definition) is 4. The zero-order chi connectivity index (χ0) is 17.3. The van der Waals surface area contributed by atoms with Crippen LogP contribution in [-0.4, -0.2) is 44.6 Å². The lowest BCUT2D eigenvalue weighted by atomic mass is 9.85. The van der Waals surface area contributed by atoms with Crippen molar-refractivity contribution in [2.75, 3.05) is 24.5 Å². The van der Waals surface area contributed by atoms with E-state index in [4.69, 9.17) is 4.98 Å². The number of anilines is 1. The maximum atomic E-state index is 4.71. The van der Waals surface area contributed by atoms with Crippen molar-refractivity contribution in [1.29, 1.82) is 0 Å². The molecule has 25 heavy (non-hydrogen) atoms. The van der Waals surface area contributed by atoms with Gasteiger partial charge in [0.05, 0.1) is 6.54 Å². The molecule has 0 aromatic carbocycles. The highest BCUT2D eigenvalue weighted by atomic mass is 15.3. The third kappa shape index (κ3) is 3.17. The van der Waals surface area contributed by atoms with Crippen LogP contribution in [0.25, 0.3) is 0 Å². The van der Waals surface area contributed by atoms with Crippen LogP contribution in [0, 0.1) is 6.92 Å². The molecule has 0 atom stereocenters. The number of rotatable bonds is 4. The maximum absolute atomic E-state index is 4.71. The smallest absolute Gasteiger partial charge is 0.128 e. The lowest BCUT2D eigenvalue weighted by Crippen LogP contribution is -2.52. The number of nitrogens with zero attached hydrogens (tertiary/aromatic N) is 5. The van der Waals surface area contributed by atoms with E-state index in [1.807, 2.05) is 6.20 Å². The lowest BCUT2D eigenvalue weighted by Gasteiger charge is -2.45. The van der Waals surface area contributed by atoms with Crippen LogP contribution in [0.5, 0.6) is 0 Å². The highest BCUT2D eigenvalue weighted by Gasteiger charge is 2.43. The molecule has 2 aromatic rings. The number of piperidine rings is 1. The van der Waals surface area contributed by atoms with E-state index in [0.717, 1.165) is 37.7 Å². The number of aryl methyl sites for hydroxylation is 2. The van der Waals surface area contributed by atoms with Gasteiger partial charge < -0.3 is 9.47 Å². The molecule has 2 fully saturated rings. The predicted molar refractivity (Wildman–Crippen MR) is 101 cm³/mol. The number of pyridine rings is 1. The first-order valence-electron chi connectivity index (χ1n) is 9.64. The van der Waals surface area contributed by atoms with Gasteiger partial charge in [-0.25, -0.2) is 9.97 Å². The molecule has 0 amide bonds. The summed E-state index contributed by atoms with van der Waals surface area (Å²) in [6, 6.07) is 6.34. The molecule has 0 unspecified atom stereocenters. The van der Waals surface area contributed by atoms with Gasteiger partial charge in [-0.2, -0.15) is 0 Å². The van der Waals surface area contributed by atoms with Crippen LogP contribution in [0.15, 0.2) is 30.6 Å². The minimum Gasteiger partial charge on any atom is -0.356 e. The van der Waals surface area contributed by atoms with Gasteiger partial charge in [0, 0.05) is 43.3 Å². The zero-order valence-electron chi connectivity index (χ0n) is 15.5. The SMILES string of the molecule is CCn1ccnc1CN1CCCC12CCN(c1cccc(C)n1)CC2. The van der Waals surface area contributed by atoms with Crippen LogP contribution in [0.4, 0.5) is 5.82 Å². The first kappa shape index (κ1) is 16.6. The van der Waals surface area contributed by atoms with Crippen molar-refractivity contribution in [3.8, 4) is 0 Å². The minimum atomic E-state index is 0.366. The van der Waals surface area contributed by atoms with Gasteiger partial charge in [0.2, 0.25) is 0 Å². The van der Waals surface area contributed by atoms with E-state index in [0.29, 0.717) is 5.54 Å². The number of imidazole rings is 1. The molecular weight excluding hydrogens is 310 g/mol. The Morgan fingerprint density at radius 1 is 1.12 bits per heavy atom. The van der Waals surface area contributed by atoms with Crippen LogP contribution >= 0.6 is 0 Å². The third-order valence-electron chi connectivity index (χ3n) is 6.11. The second-order valence-electron chi connectivity index (χ2n) is 7.50. The third-order valence-corrected chi connectivity index (χ3v) is 6.11. The Bertz CT molecular complexity index is 714. The molecule has 4 rings (SSSR count). The topological polar surface area (TPSA) is 37.2 Å². The Hall–Kier alpha value is -1.88. The molecule has 1 spiro atoms. The lowest BCUT2D eigenvalue weighted by molar-refractivity contribution is 0.0957. The second-order valence-corrected chi connectivity index (χ2v) is 7.50. The van der Waals surface area contributed by atoms with Gasteiger partial charge in [-0.1, -0.05) is 6.07 Å². The van der Waals surface area contributed by atoms with Gasteiger partial charge in [-0.15, -0.1) is 0 Å². The number of hydrogen-bond donors (Lipinski definition) is 0. The quantitative estimate of drug-likeness (QED) is 0.857. The van der Waals surface area contributed by atoms with Crippen LogP contribution in [0.2, 0.25) is 0 Å². The van der Waals surface area contributed by atoms with Gasteiger partial charge >= 0.3 is 0 Å². The summed E-state index contributed by atoms with van der Waals surface area (Å²) in [5, 5.41) is 0. The molecule has 0 N–H and O–H groups in total. The molecule has 0 radical (unpaired) electrons. The van der Waals surface area contributed by atoms with Crippen molar-refractivity contribution in [2.45, 2.75) is 58.2 Å². The minimum absolute atomic E-state index is 0.366. The summed E-state index contributed by atoms with van der Waals surface area (Å²) >= 11 is 0. The normalized spacial score (nSPS) is 20.5. The monoisotopic (exact) mass is 339 g/mol. The van der Waals surface area contributed by atoms with Crippen LogP contribution in [-0.2, 0) is 13.1 Å². The molecule has 4 heterocycles. The molecule has 134 valence electrons. The van der Waals surface area contributed by atoms with E-state index in [-0.39, 0.29) is 0 Å². The van der Waals surface area contributed by atoms with Crippen molar-refractivity contribution < 1.29 is 0 Å². The molecule has 0 saturated carbocycles. The average Bonchev–Trinajstić information content (AvgIpc) is 3.23. The Morgan fingerprint density at radius 2 is 1.96 bits per heavy atom. The van der Waals surface area contributed by atoms with Gasteiger partial charge in [-0.3, -0.25) is 4.90 Å². The Labute approximate surface area is 150 Å². The summed E-state index contributed by atoms with van der Waals surface area (Å²) in [5.74, 6) is 2.35. The molecular formula is C20H29N5. The summed E-state index contributed by atoms with van der Waals surface area (Å²) in [6.45, 7) is 9.68. The Kier molecular flexibility index (Phi) is 4.50. The van der Waals surface area contributed by atoms with Gasteiger partial charge in [0.25, 0.3) is 0 Å². The molecule has 2 aromatic heterocycles. The Morgan fingerprint density at radius 3 is 2.72 bits per heavy atom. The van der Waals surface area contributed by atoms with Crippen molar-refractivity contribution in [2.24, 2.45) is 0 Å². The summed E-state index contributed by atoms with van der Waals surface area (Å²) < 4.78 is 2.28. The molecule has 5 heteroatoms. The fourth-order valence-electron chi connectivity index (χ4n) is 4.61. The van der Waals surface area contributed by atoms with Crippen molar-refractivity contribution in [1.82, 2.24) is 19.4 Å². The van der Waals surface area contributed by atoms with Gasteiger partial charge in [0.15, 0.2) is 0 Å². The van der Waals surface area contributed by atoms with E-state index >= 15 is 0 Å². The van der Waals surface area contributed by atoms with E-state index in [1.165, 1.54) is 38.1 Å². The standard InChI is InChI=1S/C20H29N5/c1-3-23-15-11-21-19(23)16-25-12-5-8-20(25)9-13-24(14-10-20)18-7-4-6-17(2)22-18/h4,6-7,11,15H,3,5,8-10,12-14,16H2,1-2H3. The zero-order valence-corrected chi connectivity index (χ0v) is 15.5. The molecule has 0 aliphatic carbocycles.